The highest BCUT2D eigenvalue weighted by Gasteiger charge is 2.37. The van der Waals surface area contributed by atoms with E-state index in [1.165, 1.54) is 12.8 Å². The summed E-state index contributed by atoms with van der Waals surface area (Å²) in [5.74, 6) is -0.271. The topological polar surface area (TPSA) is 60.9 Å². The summed E-state index contributed by atoms with van der Waals surface area (Å²) in [5, 5.41) is 9.31. The average molecular weight is 268 g/mol. The van der Waals surface area contributed by atoms with Gasteiger partial charge in [-0.2, -0.15) is 0 Å². The zero-order valence-corrected chi connectivity index (χ0v) is 11.8. The normalized spacial score (nSPS) is 25.6. The first-order valence-corrected chi connectivity index (χ1v) is 7.28. The van der Waals surface area contributed by atoms with Crippen molar-refractivity contribution in [3.8, 4) is 0 Å². The van der Waals surface area contributed by atoms with Gasteiger partial charge < -0.3 is 14.9 Å². The van der Waals surface area contributed by atoms with Crippen molar-refractivity contribution in [1.29, 1.82) is 0 Å². The number of likely N-dealkylation sites (tertiary alicyclic amines) is 1. The molecule has 5 nitrogen and oxygen atoms in total. The van der Waals surface area contributed by atoms with Crippen LogP contribution in [0, 0.1) is 5.92 Å². The molecule has 2 rings (SSSR count). The van der Waals surface area contributed by atoms with E-state index in [1.807, 2.05) is 0 Å². The number of carbonyl (C=O) groups excluding carboxylic acids is 1. The smallest absolute Gasteiger partial charge is 0.326 e. The van der Waals surface area contributed by atoms with E-state index in [9.17, 15) is 14.7 Å². The molecule has 2 unspecified atom stereocenters. The minimum Gasteiger partial charge on any atom is -0.480 e. The number of hydrogen-bond donors (Lipinski definition) is 1. The number of hydrogen-bond acceptors (Lipinski definition) is 2. The van der Waals surface area contributed by atoms with Gasteiger partial charge in [-0.15, -0.1) is 0 Å². The highest BCUT2D eigenvalue weighted by Crippen LogP contribution is 2.35. The predicted octanol–water partition coefficient (Wildman–Crippen LogP) is 2.17. The molecule has 1 aliphatic heterocycles. The number of rotatable bonds is 3. The summed E-state index contributed by atoms with van der Waals surface area (Å²) in [6.45, 7) is 2.63. The molecule has 1 saturated carbocycles. The Balaban J connectivity index is 2.06. The van der Waals surface area contributed by atoms with Crippen molar-refractivity contribution in [3.05, 3.63) is 0 Å². The maximum atomic E-state index is 12.5. The third kappa shape index (κ3) is 3.19. The van der Waals surface area contributed by atoms with Crippen LogP contribution >= 0.6 is 0 Å². The standard InChI is InChI=1S/C14H24N2O3/c1-10(11-7-8-11)15(2)14(19)16-9-5-3-4-6-12(16)13(17)18/h10-12H,3-9H2,1-2H3,(H,17,18). The van der Waals surface area contributed by atoms with Crippen LogP contribution in [0.5, 0.6) is 0 Å². The lowest BCUT2D eigenvalue weighted by Gasteiger charge is -2.34. The molecule has 2 fully saturated rings. The zero-order valence-electron chi connectivity index (χ0n) is 11.8. The summed E-state index contributed by atoms with van der Waals surface area (Å²) >= 11 is 0. The minimum atomic E-state index is -0.872. The molecule has 0 aromatic heterocycles. The predicted molar refractivity (Wildman–Crippen MR) is 71.9 cm³/mol. The second kappa shape index (κ2) is 5.80. The van der Waals surface area contributed by atoms with Gasteiger partial charge in [0.1, 0.15) is 6.04 Å². The van der Waals surface area contributed by atoms with Crippen LogP contribution < -0.4 is 0 Å². The number of carbonyl (C=O) groups is 2. The van der Waals surface area contributed by atoms with Crippen molar-refractivity contribution in [2.24, 2.45) is 5.92 Å². The molecule has 0 spiro atoms. The fourth-order valence-electron chi connectivity index (χ4n) is 2.87. The number of amides is 2. The Hall–Kier alpha value is -1.26. The first-order valence-electron chi connectivity index (χ1n) is 7.28. The lowest BCUT2D eigenvalue weighted by atomic mass is 10.1. The highest BCUT2D eigenvalue weighted by atomic mass is 16.4. The van der Waals surface area contributed by atoms with E-state index in [0.717, 1.165) is 19.3 Å². The minimum absolute atomic E-state index is 0.117. The number of nitrogens with zero attached hydrogens (tertiary/aromatic N) is 2. The van der Waals surface area contributed by atoms with Crippen molar-refractivity contribution in [2.75, 3.05) is 13.6 Å². The van der Waals surface area contributed by atoms with Crippen LogP contribution in [0.2, 0.25) is 0 Å². The van der Waals surface area contributed by atoms with Crippen molar-refractivity contribution >= 4 is 12.0 Å². The maximum absolute atomic E-state index is 12.5. The van der Waals surface area contributed by atoms with Crippen LogP contribution in [0.25, 0.3) is 0 Å². The Bertz CT molecular complexity index is 355. The summed E-state index contributed by atoms with van der Waals surface area (Å²) in [6.07, 6.45) is 5.74. The van der Waals surface area contributed by atoms with Gasteiger partial charge in [-0.05, 0) is 38.5 Å². The molecule has 0 radical (unpaired) electrons. The molecular weight excluding hydrogens is 244 g/mol. The van der Waals surface area contributed by atoms with Crippen molar-refractivity contribution in [3.63, 3.8) is 0 Å². The molecule has 0 aromatic rings. The van der Waals surface area contributed by atoms with Gasteiger partial charge in [0.05, 0.1) is 0 Å². The fraction of sp³-hybridized carbons (Fsp3) is 0.857. The van der Waals surface area contributed by atoms with Crippen LogP contribution in [0.1, 0.15) is 45.4 Å². The van der Waals surface area contributed by atoms with E-state index in [0.29, 0.717) is 18.9 Å². The molecule has 1 aliphatic carbocycles. The first kappa shape index (κ1) is 14.2. The Morgan fingerprint density at radius 3 is 2.47 bits per heavy atom. The Kier molecular flexibility index (Phi) is 4.32. The second-order valence-corrected chi connectivity index (χ2v) is 5.87. The van der Waals surface area contributed by atoms with Crippen molar-refractivity contribution < 1.29 is 14.7 Å². The molecule has 0 bridgehead atoms. The summed E-state index contributed by atoms with van der Waals surface area (Å²) in [6, 6.07) is -0.553. The van der Waals surface area contributed by atoms with Crippen molar-refractivity contribution in [1.82, 2.24) is 9.80 Å². The third-order valence-corrected chi connectivity index (χ3v) is 4.50. The fourth-order valence-corrected chi connectivity index (χ4v) is 2.87. The lowest BCUT2D eigenvalue weighted by molar-refractivity contribution is -0.142. The van der Waals surface area contributed by atoms with Crippen LogP contribution in [0.15, 0.2) is 0 Å². The molecule has 1 N–H and O–H groups in total. The monoisotopic (exact) mass is 268 g/mol. The summed E-state index contributed by atoms with van der Waals surface area (Å²) in [4.78, 5) is 27.2. The molecule has 0 aromatic carbocycles. The molecule has 2 amide bonds. The second-order valence-electron chi connectivity index (χ2n) is 5.87. The largest absolute Gasteiger partial charge is 0.480 e. The molecule has 2 atom stereocenters. The lowest BCUT2D eigenvalue weighted by Crippen LogP contribution is -2.52. The van der Waals surface area contributed by atoms with Crippen LogP contribution in [0.3, 0.4) is 0 Å². The van der Waals surface area contributed by atoms with Gasteiger partial charge in [0.25, 0.3) is 0 Å². The molecular formula is C14H24N2O3. The number of urea groups is 1. The van der Waals surface area contributed by atoms with E-state index in [-0.39, 0.29) is 12.1 Å². The van der Waals surface area contributed by atoms with Crippen molar-refractivity contribution in [2.45, 2.75) is 57.5 Å². The molecule has 1 heterocycles. The quantitative estimate of drug-likeness (QED) is 0.853. The van der Waals surface area contributed by atoms with Gasteiger partial charge in [-0.3, -0.25) is 0 Å². The van der Waals surface area contributed by atoms with Gasteiger partial charge >= 0.3 is 12.0 Å². The van der Waals surface area contributed by atoms with Crippen LogP contribution in [0.4, 0.5) is 4.79 Å². The van der Waals surface area contributed by atoms with E-state index in [1.54, 1.807) is 16.8 Å². The van der Waals surface area contributed by atoms with E-state index >= 15 is 0 Å². The van der Waals surface area contributed by atoms with E-state index < -0.39 is 12.0 Å². The average Bonchev–Trinajstić information content (AvgIpc) is 3.21. The molecule has 19 heavy (non-hydrogen) atoms. The summed E-state index contributed by atoms with van der Waals surface area (Å²) in [7, 11) is 1.80. The Morgan fingerprint density at radius 2 is 1.89 bits per heavy atom. The molecule has 1 saturated heterocycles. The van der Waals surface area contributed by atoms with E-state index in [4.69, 9.17) is 0 Å². The SMILES string of the molecule is CC(C1CC1)N(C)C(=O)N1CCCCCC1C(=O)O. The molecule has 2 aliphatic rings. The summed E-state index contributed by atoms with van der Waals surface area (Å²) in [5.41, 5.74) is 0. The molecule has 108 valence electrons. The maximum Gasteiger partial charge on any atom is 0.326 e. The highest BCUT2D eigenvalue weighted by molar-refractivity contribution is 5.82. The van der Waals surface area contributed by atoms with Gasteiger partial charge in [0, 0.05) is 19.6 Å². The van der Waals surface area contributed by atoms with Gasteiger partial charge in [-0.25, -0.2) is 9.59 Å². The Morgan fingerprint density at radius 1 is 1.21 bits per heavy atom. The third-order valence-electron chi connectivity index (χ3n) is 4.50. The molecule has 5 heteroatoms. The van der Waals surface area contributed by atoms with Crippen LogP contribution in [-0.4, -0.2) is 52.6 Å². The zero-order chi connectivity index (χ0) is 14.0. The van der Waals surface area contributed by atoms with Gasteiger partial charge in [0.15, 0.2) is 0 Å². The summed E-state index contributed by atoms with van der Waals surface area (Å²) < 4.78 is 0. The number of carboxylic acid groups (broad SMARTS) is 1. The Labute approximate surface area is 114 Å². The van der Waals surface area contributed by atoms with Gasteiger partial charge in [-0.1, -0.05) is 12.8 Å². The van der Waals surface area contributed by atoms with Gasteiger partial charge in [0.2, 0.25) is 0 Å². The number of aliphatic carboxylic acids is 1. The van der Waals surface area contributed by atoms with Crippen LogP contribution in [-0.2, 0) is 4.79 Å². The first-order chi connectivity index (χ1) is 9.02. The van der Waals surface area contributed by atoms with E-state index in [2.05, 4.69) is 6.92 Å². The number of carboxylic acids is 1.